The average Bonchev–Trinajstić information content (AvgIpc) is 2.83. The Morgan fingerprint density at radius 1 is 1.00 bits per heavy atom. The molecule has 1 atom stereocenters. The zero-order valence-electron chi connectivity index (χ0n) is 17.6. The number of methoxy groups -OCH3 is 2. The van der Waals surface area contributed by atoms with Crippen LogP contribution in [-0.2, 0) is 6.61 Å². The van der Waals surface area contributed by atoms with Gasteiger partial charge in [-0.25, -0.2) is 0 Å². The number of fused-ring (bicyclic) bond motifs is 1. The standard InChI is InChI=1S/C25H25NO4S/c1-28-21-14-18(15-22(29-2)24(21)30-16-17-8-4-3-5-9-17)25(27)26-20-12-13-31-23-11-7-6-10-19(20)23/h3-11,14-15,20H,12-13,16H2,1-2H3,(H,26,27). The van der Waals surface area contributed by atoms with E-state index in [9.17, 15) is 4.79 Å². The van der Waals surface area contributed by atoms with Crippen LogP contribution in [0.1, 0.15) is 33.9 Å². The summed E-state index contributed by atoms with van der Waals surface area (Å²) in [4.78, 5) is 14.3. The van der Waals surface area contributed by atoms with E-state index in [2.05, 4.69) is 17.4 Å². The van der Waals surface area contributed by atoms with Crippen molar-refractivity contribution in [1.82, 2.24) is 5.32 Å². The van der Waals surface area contributed by atoms with Crippen LogP contribution in [0.4, 0.5) is 0 Å². The van der Waals surface area contributed by atoms with E-state index in [1.807, 2.05) is 54.2 Å². The minimum absolute atomic E-state index is 0.0176. The minimum atomic E-state index is -0.169. The Morgan fingerprint density at radius 3 is 2.39 bits per heavy atom. The molecule has 31 heavy (non-hydrogen) atoms. The zero-order valence-corrected chi connectivity index (χ0v) is 18.4. The van der Waals surface area contributed by atoms with Crippen LogP contribution in [0.5, 0.6) is 17.2 Å². The Hall–Kier alpha value is -3.12. The summed E-state index contributed by atoms with van der Waals surface area (Å²) >= 11 is 1.83. The Balaban J connectivity index is 1.55. The molecule has 1 amide bonds. The molecule has 0 aliphatic carbocycles. The number of amides is 1. The molecule has 6 heteroatoms. The predicted molar refractivity (Wildman–Crippen MR) is 122 cm³/mol. The van der Waals surface area contributed by atoms with Gasteiger partial charge in [0.1, 0.15) is 6.61 Å². The number of hydrogen-bond donors (Lipinski definition) is 1. The number of ether oxygens (including phenoxy) is 3. The lowest BCUT2D eigenvalue weighted by atomic mass is 10.0. The fourth-order valence-corrected chi connectivity index (χ4v) is 4.74. The van der Waals surface area contributed by atoms with Gasteiger partial charge in [0.05, 0.1) is 20.3 Å². The van der Waals surface area contributed by atoms with Gasteiger partial charge in [-0.3, -0.25) is 4.79 Å². The van der Waals surface area contributed by atoms with Crippen LogP contribution < -0.4 is 19.5 Å². The van der Waals surface area contributed by atoms with Gasteiger partial charge in [0.25, 0.3) is 5.91 Å². The summed E-state index contributed by atoms with van der Waals surface area (Å²) in [6, 6.07) is 21.4. The Morgan fingerprint density at radius 2 is 1.68 bits per heavy atom. The lowest BCUT2D eigenvalue weighted by molar-refractivity contribution is 0.0934. The molecule has 0 fully saturated rings. The smallest absolute Gasteiger partial charge is 0.252 e. The molecule has 1 aliphatic rings. The number of carbonyl (C=O) groups is 1. The van der Waals surface area contributed by atoms with Crippen molar-refractivity contribution in [3.05, 3.63) is 83.4 Å². The van der Waals surface area contributed by atoms with Crippen molar-refractivity contribution in [2.75, 3.05) is 20.0 Å². The van der Waals surface area contributed by atoms with E-state index in [0.717, 1.165) is 23.3 Å². The van der Waals surface area contributed by atoms with Crippen molar-refractivity contribution in [2.24, 2.45) is 0 Å². The van der Waals surface area contributed by atoms with Gasteiger partial charge in [-0.05, 0) is 35.7 Å². The lowest BCUT2D eigenvalue weighted by Crippen LogP contribution is -2.30. The summed E-state index contributed by atoms with van der Waals surface area (Å²) < 4.78 is 17.0. The lowest BCUT2D eigenvalue weighted by Gasteiger charge is -2.26. The summed E-state index contributed by atoms with van der Waals surface area (Å²) in [5.41, 5.74) is 2.66. The molecule has 3 aromatic carbocycles. The first-order chi connectivity index (χ1) is 15.2. The summed E-state index contributed by atoms with van der Waals surface area (Å²) in [6.45, 7) is 0.371. The molecule has 4 rings (SSSR count). The molecule has 5 nitrogen and oxygen atoms in total. The highest BCUT2D eigenvalue weighted by molar-refractivity contribution is 7.99. The third-order valence-corrected chi connectivity index (χ3v) is 6.34. The molecule has 0 saturated heterocycles. The molecular formula is C25H25NO4S. The van der Waals surface area contributed by atoms with E-state index >= 15 is 0 Å². The molecule has 0 aromatic heterocycles. The minimum Gasteiger partial charge on any atom is -0.493 e. The van der Waals surface area contributed by atoms with E-state index in [1.165, 1.54) is 4.90 Å². The number of thioether (sulfide) groups is 1. The molecule has 1 unspecified atom stereocenters. The fourth-order valence-electron chi connectivity index (χ4n) is 3.62. The van der Waals surface area contributed by atoms with Crippen molar-refractivity contribution in [2.45, 2.75) is 24.0 Å². The van der Waals surface area contributed by atoms with Crippen molar-refractivity contribution in [3.8, 4) is 17.2 Å². The quantitative estimate of drug-likeness (QED) is 0.549. The number of carbonyl (C=O) groups excluding carboxylic acids is 1. The fraction of sp³-hybridized carbons (Fsp3) is 0.240. The molecule has 1 N–H and O–H groups in total. The normalized spacial score (nSPS) is 15.0. The molecule has 0 bridgehead atoms. The first-order valence-corrected chi connectivity index (χ1v) is 11.1. The highest BCUT2D eigenvalue weighted by Gasteiger charge is 2.24. The van der Waals surface area contributed by atoms with Crippen LogP contribution in [0, 0.1) is 0 Å². The van der Waals surface area contributed by atoms with Crippen molar-refractivity contribution in [3.63, 3.8) is 0 Å². The summed E-state index contributed by atoms with van der Waals surface area (Å²) in [7, 11) is 3.11. The topological polar surface area (TPSA) is 56.8 Å². The predicted octanol–water partition coefficient (Wildman–Crippen LogP) is 5.25. The van der Waals surface area contributed by atoms with Crippen LogP contribution in [0.2, 0.25) is 0 Å². The van der Waals surface area contributed by atoms with E-state index < -0.39 is 0 Å². The maximum atomic E-state index is 13.1. The monoisotopic (exact) mass is 435 g/mol. The third kappa shape index (κ3) is 4.80. The van der Waals surface area contributed by atoms with Gasteiger partial charge in [0.2, 0.25) is 5.75 Å². The van der Waals surface area contributed by atoms with Gasteiger partial charge >= 0.3 is 0 Å². The molecule has 160 valence electrons. The maximum absolute atomic E-state index is 13.1. The number of hydrogen-bond acceptors (Lipinski definition) is 5. The van der Waals surface area contributed by atoms with Gasteiger partial charge in [-0.1, -0.05) is 48.5 Å². The summed E-state index contributed by atoms with van der Waals surface area (Å²) in [5.74, 6) is 2.20. The van der Waals surface area contributed by atoms with Crippen molar-refractivity contribution >= 4 is 17.7 Å². The molecule has 1 aliphatic heterocycles. The second-order valence-corrected chi connectivity index (χ2v) is 8.32. The zero-order chi connectivity index (χ0) is 21.6. The van der Waals surface area contributed by atoms with E-state index in [4.69, 9.17) is 14.2 Å². The van der Waals surface area contributed by atoms with Crippen molar-refractivity contribution < 1.29 is 19.0 Å². The Kier molecular flexibility index (Phi) is 6.67. The van der Waals surface area contributed by atoms with Crippen LogP contribution in [0.3, 0.4) is 0 Å². The first-order valence-electron chi connectivity index (χ1n) is 10.1. The molecule has 0 saturated carbocycles. The number of nitrogens with one attached hydrogen (secondary N) is 1. The van der Waals surface area contributed by atoms with Gasteiger partial charge in [0, 0.05) is 16.2 Å². The largest absolute Gasteiger partial charge is 0.493 e. The summed E-state index contributed by atoms with van der Waals surface area (Å²) in [5, 5.41) is 3.17. The van der Waals surface area contributed by atoms with Gasteiger partial charge in [-0.15, -0.1) is 11.8 Å². The third-order valence-electron chi connectivity index (χ3n) is 5.21. The Labute approximate surface area is 186 Å². The maximum Gasteiger partial charge on any atom is 0.252 e. The first kappa shape index (κ1) is 21.1. The molecular weight excluding hydrogens is 410 g/mol. The van der Waals surface area contributed by atoms with Crippen LogP contribution in [0.15, 0.2) is 71.6 Å². The second kappa shape index (κ2) is 9.79. The molecule has 0 radical (unpaired) electrons. The van der Waals surface area contributed by atoms with Crippen LogP contribution >= 0.6 is 11.8 Å². The average molecular weight is 436 g/mol. The van der Waals surface area contributed by atoms with E-state index in [0.29, 0.717) is 29.4 Å². The second-order valence-electron chi connectivity index (χ2n) is 7.19. The van der Waals surface area contributed by atoms with Gasteiger partial charge in [0.15, 0.2) is 11.5 Å². The van der Waals surface area contributed by atoms with E-state index in [1.54, 1.807) is 26.4 Å². The molecule has 0 spiro atoms. The highest BCUT2D eigenvalue weighted by Crippen LogP contribution is 2.40. The van der Waals surface area contributed by atoms with Gasteiger partial charge < -0.3 is 19.5 Å². The van der Waals surface area contributed by atoms with Crippen LogP contribution in [0.25, 0.3) is 0 Å². The summed E-state index contributed by atoms with van der Waals surface area (Å²) in [6.07, 6.45) is 0.889. The highest BCUT2D eigenvalue weighted by atomic mass is 32.2. The van der Waals surface area contributed by atoms with Gasteiger partial charge in [-0.2, -0.15) is 0 Å². The molecule has 1 heterocycles. The van der Waals surface area contributed by atoms with Crippen molar-refractivity contribution in [1.29, 1.82) is 0 Å². The Bertz CT molecular complexity index is 1030. The van der Waals surface area contributed by atoms with E-state index in [-0.39, 0.29) is 11.9 Å². The number of rotatable bonds is 7. The number of benzene rings is 3. The molecule has 3 aromatic rings. The van der Waals surface area contributed by atoms with Crippen LogP contribution in [-0.4, -0.2) is 25.9 Å². The SMILES string of the molecule is COc1cc(C(=O)NC2CCSc3ccccc32)cc(OC)c1OCc1ccccc1.